The van der Waals surface area contributed by atoms with E-state index in [-0.39, 0.29) is 13.1 Å². The van der Waals surface area contributed by atoms with Crippen molar-refractivity contribution in [1.82, 2.24) is 19.6 Å². The third-order valence-electron chi connectivity index (χ3n) is 2.60. The molecule has 2 rings (SSSR count). The molecule has 1 aliphatic heterocycles. The molecule has 0 aliphatic carbocycles. The van der Waals surface area contributed by atoms with Gasteiger partial charge in [-0.15, -0.1) is 6.58 Å². The molecule has 0 saturated carbocycles. The Hall–Kier alpha value is -1.96. The van der Waals surface area contributed by atoms with Gasteiger partial charge in [-0.05, 0) is 15.9 Å². The molecule has 1 saturated heterocycles. The Labute approximate surface area is 117 Å². The largest absolute Gasteiger partial charge is 0.334 e. The Morgan fingerprint density at radius 3 is 2.47 bits per heavy atom. The van der Waals surface area contributed by atoms with Crippen molar-refractivity contribution in [2.24, 2.45) is 0 Å². The number of amides is 4. The Balaban J connectivity index is 2.04. The van der Waals surface area contributed by atoms with Crippen LogP contribution in [-0.4, -0.2) is 50.5 Å². The van der Waals surface area contributed by atoms with Crippen molar-refractivity contribution in [3.05, 3.63) is 29.5 Å². The molecule has 1 fully saturated rings. The second-order valence-corrected chi connectivity index (χ2v) is 4.78. The molecule has 8 heteroatoms. The van der Waals surface area contributed by atoms with Gasteiger partial charge in [-0.1, -0.05) is 6.08 Å². The van der Waals surface area contributed by atoms with Gasteiger partial charge in [0.25, 0.3) is 0 Å². The molecule has 7 nitrogen and oxygen atoms in total. The molecule has 4 amide bonds. The fourth-order valence-electron chi connectivity index (χ4n) is 1.70. The Kier molecular flexibility index (Phi) is 3.79. The van der Waals surface area contributed by atoms with Crippen molar-refractivity contribution in [2.75, 3.05) is 13.1 Å². The van der Waals surface area contributed by atoms with Crippen LogP contribution in [0.1, 0.15) is 0 Å². The highest BCUT2D eigenvalue weighted by Crippen LogP contribution is 2.12. The minimum absolute atomic E-state index is 0.0349. The molecule has 0 radical (unpaired) electrons. The number of nitrogens with zero attached hydrogens (tertiary/aromatic N) is 4. The van der Waals surface area contributed by atoms with Gasteiger partial charge in [0.05, 0.1) is 23.8 Å². The van der Waals surface area contributed by atoms with Gasteiger partial charge in [-0.2, -0.15) is 5.10 Å². The molecule has 0 N–H and O–H groups in total. The summed E-state index contributed by atoms with van der Waals surface area (Å²) in [4.78, 5) is 36.9. The summed E-state index contributed by atoms with van der Waals surface area (Å²) in [5.41, 5.74) is 0. The van der Waals surface area contributed by atoms with Gasteiger partial charge in [0.2, 0.25) is 0 Å². The highest BCUT2D eigenvalue weighted by atomic mass is 79.9. The summed E-state index contributed by atoms with van der Waals surface area (Å²) in [5.74, 6) is -1.62. The third kappa shape index (κ3) is 2.58. The highest BCUT2D eigenvalue weighted by molar-refractivity contribution is 9.10. The number of rotatable bonds is 5. The summed E-state index contributed by atoms with van der Waals surface area (Å²) in [6.45, 7) is 3.91. The summed E-state index contributed by atoms with van der Waals surface area (Å²) in [6, 6.07) is -0.610. The fourth-order valence-corrected chi connectivity index (χ4v) is 2.03. The van der Waals surface area contributed by atoms with Crippen molar-refractivity contribution in [2.45, 2.75) is 6.54 Å². The SMILES string of the molecule is C=CCN1C(=O)C(=O)N(CCn2cc(Br)cn2)C1=O. The zero-order valence-electron chi connectivity index (χ0n) is 9.95. The molecular formula is C11H11BrN4O3. The van der Waals surface area contributed by atoms with E-state index in [0.29, 0.717) is 6.54 Å². The quantitative estimate of drug-likeness (QED) is 0.451. The first kappa shape index (κ1) is 13.5. The Morgan fingerprint density at radius 2 is 1.89 bits per heavy atom. The van der Waals surface area contributed by atoms with Crippen LogP contribution in [0.5, 0.6) is 0 Å². The number of hydrogen-bond donors (Lipinski definition) is 0. The van der Waals surface area contributed by atoms with Gasteiger partial charge in [0, 0.05) is 12.7 Å². The van der Waals surface area contributed by atoms with Gasteiger partial charge in [-0.3, -0.25) is 24.1 Å². The summed E-state index contributed by atoms with van der Waals surface area (Å²) in [6.07, 6.45) is 4.72. The lowest BCUT2D eigenvalue weighted by Gasteiger charge is -2.13. The van der Waals surface area contributed by atoms with Gasteiger partial charge < -0.3 is 0 Å². The standard InChI is InChI=1S/C11H11BrN4O3/c1-2-3-15-9(17)10(18)16(11(15)19)5-4-14-7-8(12)6-13-14/h2,6-7H,1,3-5H2. The van der Waals surface area contributed by atoms with Gasteiger partial charge in [0.15, 0.2) is 0 Å². The maximum Gasteiger partial charge on any atom is 0.334 e. The van der Waals surface area contributed by atoms with E-state index in [4.69, 9.17) is 0 Å². The van der Waals surface area contributed by atoms with E-state index in [0.717, 1.165) is 14.3 Å². The zero-order valence-corrected chi connectivity index (χ0v) is 11.5. The first-order valence-electron chi connectivity index (χ1n) is 5.50. The molecule has 1 aliphatic rings. The topological polar surface area (TPSA) is 75.5 Å². The van der Waals surface area contributed by atoms with Crippen LogP contribution in [0.15, 0.2) is 29.5 Å². The van der Waals surface area contributed by atoms with Crippen LogP contribution >= 0.6 is 15.9 Å². The molecule has 100 valence electrons. The van der Waals surface area contributed by atoms with Crippen molar-refractivity contribution in [1.29, 1.82) is 0 Å². The molecule has 0 unspecified atom stereocenters. The van der Waals surface area contributed by atoms with Crippen molar-refractivity contribution in [3.8, 4) is 0 Å². The molecule has 0 aromatic carbocycles. The number of carbonyl (C=O) groups is 3. The smallest absolute Gasteiger partial charge is 0.270 e. The summed E-state index contributed by atoms with van der Waals surface area (Å²) in [5, 5.41) is 4.01. The number of carbonyl (C=O) groups excluding carboxylic acids is 3. The Morgan fingerprint density at radius 1 is 1.21 bits per heavy atom. The van der Waals surface area contributed by atoms with E-state index in [1.54, 1.807) is 17.1 Å². The minimum atomic E-state index is -0.813. The highest BCUT2D eigenvalue weighted by Gasteiger charge is 2.43. The maximum absolute atomic E-state index is 11.9. The molecule has 0 bridgehead atoms. The summed E-state index contributed by atoms with van der Waals surface area (Å²) < 4.78 is 2.38. The van der Waals surface area contributed by atoms with Crippen LogP contribution in [0.2, 0.25) is 0 Å². The van der Waals surface area contributed by atoms with E-state index in [1.165, 1.54) is 6.08 Å². The molecule has 19 heavy (non-hydrogen) atoms. The molecule has 2 heterocycles. The minimum Gasteiger partial charge on any atom is -0.270 e. The molecule has 1 aromatic heterocycles. The zero-order chi connectivity index (χ0) is 14.0. The predicted octanol–water partition coefficient (Wildman–Crippen LogP) is 0.622. The van der Waals surface area contributed by atoms with Crippen LogP contribution < -0.4 is 0 Å². The lowest BCUT2D eigenvalue weighted by molar-refractivity contribution is -0.143. The molecular weight excluding hydrogens is 316 g/mol. The van der Waals surface area contributed by atoms with Crippen molar-refractivity contribution >= 4 is 33.8 Å². The van der Waals surface area contributed by atoms with Crippen LogP contribution in [-0.2, 0) is 16.1 Å². The first-order chi connectivity index (χ1) is 9.04. The number of aromatic nitrogens is 2. The fraction of sp³-hybridized carbons (Fsp3) is 0.273. The van der Waals surface area contributed by atoms with Crippen LogP contribution in [0.25, 0.3) is 0 Å². The van der Waals surface area contributed by atoms with E-state index in [1.807, 2.05) is 0 Å². The average molecular weight is 327 g/mol. The average Bonchev–Trinajstić information content (AvgIpc) is 2.87. The first-order valence-corrected chi connectivity index (χ1v) is 6.30. The van der Waals surface area contributed by atoms with Crippen LogP contribution in [0.3, 0.4) is 0 Å². The number of halogens is 1. The summed E-state index contributed by atoms with van der Waals surface area (Å²) in [7, 11) is 0. The third-order valence-corrected chi connectivity index (χ3v) is 3.01. The number of hydrogen-bond acceptors (Lipinski definition) is 4. The van der Waals surface area contributed by atoms with Gasteiger partial charge in [-0.25, -0.2) is 4.79 Å². The van der Waals surface area contributed by atoms with Crippen molar-refractivity contribution < 1.29 is 14.4 Å². The normalized spacial score (nSPS) is 15.5. The lowest BCUT2D eigenvalue weighted by atomic mass is 10.5. The second-order valence-electron chi connectivity index (χ2n) is 3.87. The molecule has 0 atom stereocenters. The van der Waals surface area contributed by atoms with Crippen molar-refractivity contribution in [3.63, 3.8) is 0 Å². The van der Waals surface area contributed by atoms with Crippen LogP contribution in [0.4, 0.5) is 4.79 Å². The van der Waals surface area contributed by atoms with E-state index < -0.39 is 17.8 Å². The van der Waals surface area contributed by atoms with E-state index >= 15 is 0 Å². The second kappa shape index (κ2) is 5.35. The van der Waals surface area contributed by atoms with Crippen LogP contribution in [0, 0.1) is 0 Å². The summed E-state index contributed by atoms with van der Waals surface area (Å²) >= 11 is 3.24. The Bertz CT molecular complexity index is 554. The van der Waals surface area contributed by atoms with E-state index in [2.05, 4.69) is 27.6 Å². The monoisotopic (exact) mass is 326 g/mol. The lowest BCUT2D eigenvalue weighted by Crippen LogP contribution is -2.35. The number of imide groups is 2. The number of urea groups is 1. The van der Waals surface area contributed by atoms with Gasteiger partial charge in [0.1, 0.15) is 0 Å². The van der Waals surface area contributed by atoms with E-state index in [9.17, 15) is 14.4 Å². The molecule has 0 spiro atoms. The molecule has 1 aromatic rings. The van der Waals surface area contributed by atoms with Gasteiger partial charge >= 0.3 is 17.8 Å². The maximum atomic E-state index is 11.9. The predicted molar refractivity (Wildman–Crippen MR) is 68.9 cm³/mol.